The molecule has 7 nitrogen and oxygen atoms in total. The molecule has 0 bridgehead atoms. The van der Waals surface area contributed by atoms with Crippen LogP contribution in [0.1, 0.15) is 10.6 Å². The van der Waals surface area contributed by atoms with Gasteiger partial charge in [0.05, 0.1) is 18.5 Å². The van der Waals surface area contributed by atoms with E-state index in [9.17, 15) is 9.59 Å². The van der Waals surface area contributed by atoms with E-state index in [1.807, 2.05) is 7.05 Å². The zero-order valence-electron chi connectivity index (χ0n) is 13.5. The maximum absolute atomic E-state index is 12.1. The molecule has 2 aromatic rings. The van der Waals surface area contributed by atoms with Crippen molar-refractivity contribution >= 4 is 34.0 Å². The maximum Gasteiger partial charge on any atom is 0.315 e. The number of anilines is 2. The zero-order chi connectivity index (χ0) is 17.1. The SMILES string of the molecule is COc1ccccc1NC(=O)C(=O)Nc1nc2c(s1)CN(C)CC2. The van der Waals surface area contributed by atoms with Crippen molar-refractivity contribution in [2.75, 3.05) is 31.3 Å². The Bertz CT molecular complexity index is 774. The highest BCUT2D eigenvalue weighted by Crippen LogP contribution is 2.28. The molecule has 24 heavy (non-hydrogen) atoms. The molecule has 0 unspecified atom stereocenters. The summed E-state index contributed by atoms with van der Waals surface area (Å²) < 4.78 is 5.15. The van der Waals surface area contributed by atoms with E-state index in [0.717, 1.165) is 30.1 Å². The molecule has 0 saturated carbocycles. The highest BCUT2D eigenvalue weighted by molar-refractivity contribution is 7.16. The van der Waals surface area contributed by atoms with E-state index in [4.69, 9.17) is 4.74 Å². The van der Waals surface area contributed by atoms with E-state index in [0.29, 0.717) is 16.6 Å². The van der Waals surface area contributed by atoms with E-state index in [1.165, 1.54) is 18.4 Å². The van der Waals surface area contributed by atoms with Crippen molar-refractivity contribution in [3.63, 3.8) is 0 Å². The topological polar surface area (TPSA) is 83.6 Å². The second-order valence-electron chi connectivity index (χ2n) is 5.49. The number of carbonyl (C=O) groups is 2. The number of aromatic nitrogens is 1. The van der Waals surface area contributed by atoms with Crippen LogP contribution in [-0.4, -0.2) is 42.4 Å². The van der Waals surface area contributed by atoms with Gasteiger partial charge in [0.2, 0.25) is 0 Å². The fraction of sp³-hybridized carbons (Fsp3) is 0.312. The van der Waals surface area contributed by atoms with Crippen LogP contribution in [0.3, 0.4) is 0 Å². The highest BCUT2D eigenvalue weighted by Gasteiger charge is 2.21. The van der Waals surface area contributed by atoms with Crippen molar-refractivity contribution in [3.8, 4) is 5.75 Å². The van der Waals surface area contributed by atoms with Crippen LogP contribution in [0.5, 0.6) is 5.75 Å². The van der Waals surface area contributed by atoms with Crippen molar-refractivity contribution in [2.24, 2.45) is 0 Å². The average Bonchev–Trinajstić information content (AvgIpc) is 2.96. The van der Waals surface area contributed by atoms with Crippen molar-refractivity contribution in [1.82, 2.24) is 9.88 Å². The van der Waals surface area contributed by atoms with Gasteiger partial charge in [0.25, 0.3) is 0 Å². The normalized spacial score (nSPS) is 13.9. The van der Waals surface area contributed by atoms with E-state index in [2.05, 4.69) is 20.5 Å². The van der Waals surface area contributed by atoms with Crippen LogP contribution in [0, 0.1) is 0 Å². The fourth-order valence-electron chi connectivity index (χ4n) is 2.46. The molecule has 0 spiro atoms. The number of carbonyl (C=O) groups excluding carboxylic acids is 2. The van der Waals surface area contributed by atoms with Gasteiger partial charge in [-0.25, -0.2) is 4.98 Å². The molecule has 2 heterocycles. The predicted molar refractivity (Wildman–Crippen MR) is 92.4 cm³/mol. The second kappa shape index (κ2) is 6.98. The smallest absolute Gasteiger partial charge is 0.315 e. The van der Waals surface area contributed by atoms with Gasteiger partial charge in [-0.15, -0.1) is 11.3 Å². The van der Waals surface area contributed by atoms with Crippen molar-refractivity contribution in [3.05, 3.63) is 34.8 Å². The molecule has 2 N–H and O–H groups in total. The summed E-state index contributed by atoms with van der Waals surface area (Å²) in [5.74, 6) is -1.02. The van der Waals surface area contributed by atoms with Crippen LogP contribution in [0.25, 0.3) is 0 Å². The molecule has 1 aliphatic heterocycles. The van der Waals surface area contributed by atoms with Crippen LogP contribution in [0.4, 0.5) is 10.8 Å². The number of para-hydroxylation sites is 2. The highest BCUT2D eigenvalue weighted by atomic mass is 32.1. The van der Waals surface area contributed by atoms with Gasteiger partial charge in [0.1, 0.15) is 5.75 Å². The number of hydrogen-bond acceptors (Lipinski definition) is 6. The first kappa shape index (κ1) is 16.4. The molecule has 1 aliphatic rings. The maximum atomic E-state index is 12.1. The molecular weight excluding hydrogens is 328 g/mol. The summed E-state index contributed by atoms with van der Waals surface area (Å²) in [6, 6.07) is 6.91. The Morgan fingerprint density at radius 2 is 2.00 bits per heavy atom. The van der Waals surface area contributed by atoms with Gasteiger partial charge in [-0.3, -0.25) is 14.9 Å². The lowest BCUT2D eigenvalue weighted by atomic mass is 10.2. The third-order valence-electron chi connectivity index (χ3n) is 3.70. The summed E-state index contributed by atoms with van der Waals surface area (Å²) in [7, 11) is 3.55. The Hall–Kier alpha value is -2.45. The van der Waals surface area contributed by atoms with Gasteiger partial charge in [0.15, 0.2) is 5.13 Å². The molecule has 0 saturated heterocycles. The number of thiazole rings is 1. The van der Waals surface area contributed by atoms with E-state index in [1.54, 1.807) is 24.3 Å². The lowest BCUT2D eigenvalue weighted by molar-refractivity contribution is -0.133. The monoisotopic (exact) mass is 346 g/mol. The zero-order valence-corrected chi connectivity index (χ0v) is 14.3. The molecule has 1 aromatic heterocycles. The number of amides is 2. The minimum atomic E-state index is -0.759. The van der Waals surface area contributed by atoms with Gasteiger partial charge in [-0.2, -0.15) is 0 Å². The quantitative estimate of drug-likeness (QED) is 0.827. The predicted octanol–water partition coefficient (Wildman–Crippen LogP) is 1.72. The Morgan fingerprint density at radius 1 is 1.25 bits per heavy atom. The summed E-state index contributed by atoms with van der Waals surface area (Å²) in [5.41, 5.74) is 1.44. The molecule has 0 fully saturated rings. The largest absolute Gasteiger partial charge is 0.495 e. The molecule has 0 radical (unpaired) electrons. The fourth-order valence-corrected chi connectivity index (χ4v) is 3.54. The first-order chi connectivity index (χ1) is 11.6. The summed E-state index contributed by atoms with van der Waals surface area (Å²) >= 11 is 1.41. The summed E-state index contributed by atoms with van der Waals surface area (Å²) in [6.07, 6.45) is 0.853. The average molecular weight is 346 g/mol. The summed E-state index contributed by atoms with van der Waals surface area (Å²) in [6.45, 7) is 1.76. The van der Waals surface area contributed by atoms with Crippen molar-refractivity contribution < 1.29 is 14.3 Å². The number of nitrogens with zero attached hydrogens (tertiary/aromatic N) is 2. The standard InChI is InChI=1S/C16H18N4O3S/c1-20-8-7-11-13(9-20)24-16(18-11)19-15(22)14(21)17-10-5-3-4-6-12(10)23-2/h3-6H,7-9H2,1-2H3,(H,17,21)(H,18,19,22). The van der Waals surface area contributed by atoms with Crippen LogP contribution in [-0.2, 0) is 22.6 Å². The van der Waals surface area contributed by atoms with Crippen LogP contribution in [0.2, 0.25) is 0 Å². The van der Waals surface area contributed by atoms with Crippen molar-refractivity contribution in [1.29, 1.82) is 0 Å². The second-order valence-corrected chi connectivity index (χ2v) is 6.57. The molecule has 126 valence electrons. The lowest BCUT2D eigenvalue weighted by Gasteiger charge is -2.20. The molecule has 1 aromatic carbocycles. The lowest BCUT2D eigenvalue weighted by Crippen LogP contribution is -2.29. The number of likely N-dealkylation sites (N-methyl/N-ethyl adjacent to an activating group) is 1. The molecule has 0 atom stereocenters. The first-order valence-corrected chi connectivity index (χ1v) is 8.31. The van der Waals surface area contributed by atoms with Crippen LogP contribution < -0.4 is 15.4 Å². The summed E-state index contributed by atoms with van der Waals surface area (Å²) in [5, 5.41) is 5.57. The number of methoxy groups -OCH3 is 1. The Morgan fingerprint density at radius 3 is 2.79 bits per heavy atom. The third kappa shape index (κ3) is 3.55. The van der Waals surface area contributed by atoms with Gasteiger partial charge < -0.3 is 15.0 Å². The Balaban J connectivity index is 1.65. The number of fused-ring (bicyclic) bond motifs is 1. The number of nitrogens with one attached hydrogen (secondary N) is 2. The van der Waals surface area contributed by atoms with E-state index >= 15 is 0 Å². The Kier molecular flexibility index (Phi) is 4.77. The van der Waals surface area contributed by atoms with Crippen LogP contribution >= 0.6 is 11.3 Å². The van der Waals surface area contributed by atoms with Crippen molar-refractivity contribution in [2.45, 2.75) is 13.0 Å². The molecule has 2 amide bonds. The van der Waals surface area contributed by atoms with Crippen LogP contribution in [0.15, 0.2) is 24.3 Å². The Labute approximate surface area is 143 Å². The van der Waals surface area contributed by atoms with E-state index < -0.39 is 11.8 Å². The minimum absolute atomic E-state index is 0.445. The third-order valence-corrected chi connectivity index (χ3v) is 4.70. The first-order valence-electron chi connectivity index (χ1n) is 7.49. The van der Waals surface area contributed by atoms with E-state index in [-0.39, 0.29) is 0 Å². The number of benzene rings is 1. The van der Waals surface area contributed by atoms with Gasteiger partial charge in [0, 0.05) is 24.4 Å². The van der Waals surface area contributed by atoms with Gasteiger partial charge in [-0.1, -0.05) is 12.1 Å². The number of rotatable bonds is 3. The minimum Gasteiger partial charge on any atom is -0.495 e. The summed E-state index contributed by atoms with van der Waals surface area (Å²) in [4.78, 5) is 31.9. The van der Waals surface area contributed by atoms with Gasteiger partial charge >= 0.3 is 11.8 Å². The molecule has 8 heteroatoms. The number of hydrogen-bond donors (Lipinski definition) is 2. The molecular formula is C16H18N4O3S. The molecule has 0 aliphatic carbocycles. The molecule has 3 rings (SSSR count). The van der Waals surface area contributed by atoms with Gasteiger partial charge in [-0.05, 0) is 19.2 Å². The number of ether oxygens (including phenoxy) is 1.